The normalized spacial score (nSPS) is 13.7. The Kier molecular flexibility index (Phi) is 4.11. The van der Waals surface area contributed by atoms with E-state index in [0.29, 0.717) is 16.5 Å². The van der Waals surface area contributed by atoms with Crippen LogP contribution in [0.25, 0.3) is 87.6 Å². The summed E-state index contributed by atoms with van der Waals surface area (Å²) in [6.45, 7) is 0. The largest absolute Gasteiger partial charge is 0.456 e. The highest BCUT2D eigenvalue weighted by atomic mass is 16.3. The molecule has 0 fully saturated rings. The predicted octanol–water partition coefficient (Wildman–Crippen LogP) is 12.0. The molecule has 200 valence electrons. The standard InChI is InChI=1S/C42H26O/c1-2-13-28(14-3-1)30-25-26-38-41(36-22-10-11-24-37(36)43-38)42(30)40-34-20-8-6-18-32(34)39(33-19-7-9-21-35(33)40)31-23-12-16-27-15-4-5-17-29(27)31/h1-26H/i10D,11D,22D,24D,25D,26D. The van der Waals surface area contributed by atoms with Crippen LogP contribution in [0.3, 0.4) is 0 Å². The molecule has 0 unspecified atom stereocenters. The highest BCUT2D eigenvalue weighted by Crippen LogP contribution is 2.50. The highest BCUT2D eigenvalue weighted by Gasteiger charge is 2.23. The molecule has 0 N–H and O–H groups in total. The van der Waals surface area contributed by atoms with E-state index in [1.165, 1.54) is 0 Å². The van der Waals surface area contributed by atoms with Crippen molar-refractivity contribution >= 4 is 54.3 Å². The van der Waals surface area contributed by atoms with Gasteiger partial charge in [-0.15, -0.1) is 0 Å². The molecule has 9 rings (SSSR count). The van der Waals surface area contributed by atoms with E-state index in [1.807, 2.05) is 60.7 Å². The predicted molar refractivity (Wildman–Crippen MR) is 183 cm³/mol. The van der Waals surface area contributed by atoms with Crippen LogP contribution in [-0.2, 0) is 0 Å². The Bertz CT molecular complexity index is 2780. The third kappa shape index (κ3) is 3.58. The molecule has 1 heterocycles. The summed E-state index contributed by atoms with van der Waals surface area (Å²) in [7, 11) is 0. The summed E-state index contributed by atoms with van der Waals surface area (Å²) in [5.74, 6) is 0. The van der Waals surface area contributed by atoms with Crippen LogP contribution in [0.4, 0.5) is 0 Å². The first kappa shape index (κ1) is 18.7. The lowest BCUT2D eigenvalue weighted by atomic mass is 9.81. The summed E-state index contributed by atoms with van der Waals surface area (Å²) in [4.78, 5) is 0. The minimum absolute atomic E-state index is 0.0265. The fraction of sp³-hybridized carbons (Fsp3) is 0. The first-order valence-corrected chi connectivity index (χ1v) is 14.3. The molecule has 0 saturated heterocycles. The smallest absolute Gasteiger partial charge is 0.136 e. The maximum absolute atomic E-state index is 9.44. The average Bonchev–Trinajstić information content (AvgIpc) is 3.55. The van der Waals surface area contributed by atoms with E-state index >= 15 is 0 Å². The number of rotatable bonds is 3. The molecule has 43 heavy (non-hydrogen) atoms. The highest BCUT2D eigenvalue weighted by molar-refractivity contribution is 6.28. The Morgan fingerprint density at radius 1 is 0.395 bits per heavy atom. The van der Waals surface area contributed by atoms with Crippen LogP contribution in [0.1, 0.15) is 8.22 Å². The van der Waals surface area contributed by atoms with E-state index < -0.39 is 6.04 Å². The Morgan fingerprint density at radius 3 is 1.74 bits per heavy atom. The molecule has 0 aliphatic heterocycles. The summed E-state index contributed by atoms with van der Waals surface area (Å²) in [6, 6.07) is 39.1. The van der Waals surface area contributed by atoms with Crippen molar-refractivity contribution in [3.63, 3.8) is 0 Å². The molecule has 1 nitrogen and oxygen atoms in total. The molecule has 0 bridgehead atoms. The third-order valence-electron chi connectivity index (χ3n) is 8.44. The van der Waals surface area contributed by atoms with Crippen LogP contribution in [-0.4, -0.2) is 0 Å². The number of benzene rings is 8. The Morgan fingerprint density at radius 2 is 1.00 bits per heavy atom. The topological polar surface area (TPSA) is 13.1 Å². The van der Waals surface area contributed by atoms with E-state index in [1.54, 1.807) is 0 Å². The summed E-state index contributed by atoms with van der Waals surface area (Å²) in [5.41, 5.74) is 4.84. The van der Waals surface area contributed by atoms with Crippen molar-refractivity contribution in [3.05, 3.63) is 158 Å². The molecule has 1 heteroatoms. The maximum Gasteiger partial charge on any atom is 0.136 e. The molecule has 0 atom stereocenters. The van der Waals surface area contributed by atoms with Gasteiger partial charge in [0, 0.05) is 16.3 Å². The van der Waals surface area contributed by atoms with Gasteiger partial charge >= 0.3 is 0 Å². The van der Waals surface area contributed by atoms with Gasteiger partial charge in [-0.25, -0.2) is 0 Å². The van der Waals surface area contributed by atoms with Crippen LogP contribution in [0.5, 0.6) is 0 Å². The van der Waals surface area contributed by atoms with Crippen LogP contribution < -0.4 is 0 Å². The second kappa shape index (κ2) is 9.44. The summed E-state index contributed by atoms with van der Waals surface area (Å²) in [5, 5.41) is 6.68. The summed E-state index contributed by atoms with van der Waals surface area (Å²) in [6.07, 6.45) is 0. The van der Waals surface area contributed by atoms with Crippen molar-refractivity contribution in [3.8, 4) is 33.4 Å². The number of para-hydroxylation sites is 1. The Balaban J connectivity index is 1.58. The van der Waals surface area contributed by atoms with Crippen LogP contribution in [0.15, 0.2) is 162 Å². The molecule has 0 aliphatic rings. The number of hydrogen-bond acceptors (Lipinski definition) is 1. The zero-order valence-electron chi connectivity index (χ0n) is 29.0. The van der Waals surface area contributed by atoms with Gasteiger partial charge in [-0.05, 0) is 72.2 Å². The lowest BCUT2D eigenvalue weighted by Crippen LogP contribution is -1.94. The van der Waals surface area contributed by atoms with Gasteiger partial charge in [-0.1, -0.05) is 145 Å². The fourth-order valence-electron chi connectivity index (χ4n) is 6.66. The van der Waals surface area contributed by atoms with Crippen LogP contribution >= 0.6 is 0 Å². The van der Waals surface area contributed by atoms with Crippen molar-refractivity contribution in [2.75, 3.05) is 0 Å². The maximum atomic E-state index is 9.44. The van der Waals surface area contributed by atoms with Gasteiger partial charge in [0.15, 0.2) is 0 Å². The van der Waals surface area contributed by atoms with E-state index in [2.05, 4.69) is 60.7 Å². The first-order chi connectivity index (χ1) is 23.9. The number of fused-ring (bicyclic) bond motifs is 6. The van der Waals surface area contributed by atoms with E-state index in [4.69, 9.17) is 11.3 Å². The number of furan rings is 1. The molecule has 9 aromatic rings. The second-order valence-electron chi connectivity index (χ2n) is 10.7. The van der Waals surface area contributed by atoms with E-state index in [-0.39, 0.29) is 46.8 Å². The van der Waals surface area contributed by atoms with Gasteiger partial charge in [0.25, 0.3) is 0 Å². The minimum Gasteiger partial charge on any atom is -0.456 e. The molecule has 1 aromatic heterocycles. The van der Waals surface area contributed by atoms with E-state index in [0.717, 1.165) is 54.6 Å². The van der Waals surface area contributed by atoms with Gasteiger partial charge in [0.2, 0.25) is 0 Å². The summed E-state index contributed by atoms with van der Waals surface area (Å²) >= 11 is 0. The molecule has 0 saturated carbocycles. The molecule has 0 radical (unpaired) electrons. The van der Waals surface area contributed by atoms with Crippen molar-refractivity contribution < 1.29 is 12.6 Å². The average molecular weight is 553 g/mol. The lowest BCUT2D eigenvalue weighted by molar-refractivity contribution is 0.669. The summed E-state index contributed by atoms with van der Waals surface area (Å²) < 4.78 is 59.6. The quantitative estimate of drug-likeness (QED) is 0.199. The SMILES string of the molecule is [2H]c1c([2H])c([2H])c2c(oc3c([2H])c([2H])c(-c4ccccc4)c(-c4c5ccccc5c(-c5cccc6ccccc56)c5ccccc45)c32)c1[2H]. The molecule has 0 aliphatic carbocycles. The van der Waals surface area contributed by atoms with Crippen molar-refractivity contribution in [1.82, 2.24) is 0 Å². The van der Waals surface area contributed by atoms with Gasteiger partial charge in [-0.2, -0.15) is 0 Å². The van der Waals surface area contributed by atoms with Crippen LogP contribution in [0, 0.1) is 0 Å². The molecular weight excluding hydrogens is 520 g/mol. The van der Waals surface area contributed by atoms with Gasteiger partial charge in [0.05, 0.1) is 8.22 Å². The third-order valence-corrected chi connectivity index (χ3v) is 8.44. The van der Waals surface area contributed by atoms with Crippen molar-refractivity contribution in [1.29, 1.82) is 0 Å². The Labute approximate surface area is 257 Å². The first-order valence-electron chi connectivity index (χ1n) is 17.3. The molecule has 0 amide bonds. The van der Waals surface area contributed by atoms with Crippen molar-refractivity contribution in [2.24, 2.45) is 0 Å². The zero-order valence-corrected chi connectivity index (χ0v) is 23.0. The van der Waals surface area contributed by atoms with E-state index in [9.17, 15) is 1.37 Å². The van der Waals surface area contributed by atoms with Crippen LogP contribution in [0.2, 0.25) is 0 Å². The minimum atomic E-state index is -0.408. The number of hydrogen-bond donors (Lipinski definition) is 0. The zero-order chi connectivity index (χ0) is 33.6. The molecular formula is C42H26O. The monoisotopic (exact) mass is 552 g/mol. The second-order valence-corrected chi connectivity index (χ2v) is 10.7. The van der Waals surface area contributed by atoms with Gasteiger partial charge in [0.1, 0.15) is 11.2 Å². The molecule has 8 aromatic carbocycles. The lowest BCUT2D eigenvalue weighted by Gasteiger charge is -2.21. The van der Waals surface area contributed by atoms with Crippen molar-refractivity contribution in [2.45, 2.75) is 0 Å². The Hall–Kier alpha value is -5.66. The molecule has 0 spiro atoms. The fourth-order valence-corrected chi connectivity index (χ4v) is 6.66. The van der Waals surface area contributed by atoms with Gasteiger partial charge in [-0.3, -0.25) is 0 Å². The van der Waals surface area contributed by atoms with Gasteiger partial charge < -0.3 is 4.42 Å².